The van der Waals surface area contributed by atoms with E-state index in [9.17, 15) is 9.90 Å². The highest BCUT2D eigenvalue weighted by atomic mass is 16.5. The van der Waals surface area contributed by atoms with Crippen molar-refractivity contribution in [1.29, 1.82) is 0 Å². The Labute approximate surface area is 116 Å². The summed E-state index contributed by atoms with van der Waals surface area (Å²) in [6.45, 7) is 1.99. The first-order valence-electron chi connectivity index (χ1n) is 6.15. The lowest BCUT2D eigenvalue weighted by Gasteiger charge is -2.11. The molecule has 1 aromatic carbocycles. The van der Waals surface area contributed by atoms with Gasteiger partial charge in [0, 0.05) is 12.6 Å². The van der Waals surface area contributed by atoms with Crippen molar-refractivity contribution < 1.29 is 19.7 Å². The Morgan fingerprint density at radius 3 is 2.60 bits per heavy atom. The molecule has 20 heavy (non-hydrogen) atoms. The summed E-state index contributed by atoms with van der Waals surface area (Å²) in [4.78, 5) is 11.0. The number of aromatic carboxylic acids is 1. The average molecular weight is 276 g/mol. The minimum Gasteiger partial charge on any atom is -0.504 e. The molecule has 0 unspecified atom stereocenters. The highest BCUT2D eigenvalue weighted by Crippen LogP contribution is 2.38. The Bertz CT molecular complexity index is 661. The lowest BCUT2D eigenvalue weighted by atomic mass is 10.0. The monoisotopic (exact) mass is 276 g/mol. The maximum Gasteiger partial charge on any atom is 0.356 e. The standard InChI is InChI=1S/C14H16N2O4/c1-4-8-5-9(13(17)12(6-8)20-3)11-7-10(14(18)19)15-16(11)2/h5-7,17H,4H2,1-3H3,(H,18,19). The molecule has 2 N–H and O–H groups in total. The number of phenolic OH excluding ortho intramolecular Hbond substituents is 1. The van der Waals surface area contributed by atoms with E-state index in [-0.39, 0.29) is 11.4 Å². The third-order valence-electron chi connectivity index (χ3n) is 3.14. The molecule has 0 aliphatic heterocycles. The predicted molar refractivity (Wildman–Crippen MR) is 73.2 cm³/mol. The van der Waals surface area contributed by atoms with Crippen molar-refractivity contribution >= 4 is 5.97 Å². The Morgan fingerprint density at radius 1 is 1.40 bits per heavy atom. The van der Waals surface area contributed by atoms with Crippen LogP contribution in [0.2, 0.25) is 0 Å². The molecule has 0 amide bonds. The first kappa shape index (κ1) is 13.9. The number of benzene rings is 1. The summed E-state index contributed by atoms with van der Waals surface area (Å²) in [5.74, 6) is -0.771. The van der Waals surface area contributed by atoms with Crippen molar-refractivity contribution in [3.8, 4) is 22.8 Å². The third kappa shape index (κ3) is 2.32. The molecule has 0 bridgehead atoms. The fraction of sp³-hybridized carbons (Fsp3) is 0.286. The van der Waals surface area contributed by atoms with Crippen molar-refractivity contribution in [1.82, 2.24) is 9.78 Å². The average Bonchev–Trinajstić information content (AvgIpc) is 2.81. The summed E-state index contributed by atoms with van der Waals surface area (Å²) < 4.78 is 6.58. The van der Waals surface area contributed by atoms with Crippen molar-refractivity contribution in [2.24, 2.45) is 7.05 Å². The van der Waals surface area contributed by atoms with E-state index in [1.54, 1.807) is 19.2 Å². The van der Waals surface area contributed by atoms with Gasteiger partial charge in [0.1, 0.15) is 0 Å². The van der Waals surface area contributed by atoms with E-state index >= 15 is 0 Å². The first-order chi connectivity index (χ1) is 9.47. The van der Waals surface area contributed by atoms with Gasteiger partial charge >= 0.3 is 5.97 Å². The van der Waals surface area contributed by atoms with Crippen LogP contribution in [0, 0.1) is 0 Å². The Balaban J connectivity index is 2.65. The molecule has 0 atom stereocenters. The molecule has 1 heterocycles. The Morgan fingerprint density at radius 2 is 2.10 bits per heavy atom. The van der Waals surface area contributed by atoms with Crippen LogP contribution in [-0.2, 0) is 13.5 Å². The lowest BCUT2D eigenvalue weighted by Crippen LogP contribution is -1.99. The topological polar surface area (TPSA) is 84.6 Å². The van der Waals surface area contributed by atoms with Crippen LogP contribution in [-0.4, -0.2) is 33.1 Å². The molecule has 0 aliphatic rings. The van der Waals surface area contributed by atoms with Gasteiger partial charge in [0.2, 0.25) is 0 Å². The molecule has 0 saturated heterocycles. The Hall–Kier alpha value is -2.50. The number of aryl methyl sites for hydroxylation is 2. The van der Waals surface area contributed by atoms with Crippen LogP contribution in [0.5, 0.6) is 11.5 Å². The smallest absolute Gasteiger partial charge is 0.356 e. The van der Waals surface area contributed by atoms with Crippen LogP contribution in [0.15, 0.2) is 18.2 Å². The number of carbonyl (C=O) groups is 1. The third-order valence-corrected chi connectivity index (χ3v) is 3.14. The molecule has 1 aromatic heterocycles. The van der Waals surface area contributed by atoms with Crippen molar-refractivity contribution in [2.75, 3.05) is 7.11 Å². The van der Waals surface area contributed by atoms with Crippen LogP contribution < -0.4 is 4.74 Å². The normalized spacial score (nSPS) is 10.6. The van der Waals surface area contributed by atoms with Crippen LogP contribution in [0.25, 0.3) is 11.3 Å². The minimum atomic E-state index is -1.11. The number of carboxylic acid groups (broad SMARTS) is 1. The maximum absolute atomic E-state index is 11.0. The molecule has 106 valence electrons. The number of aromatic nitrogens is 2. The van der Waals surface area contributed by atoms with E-state index in [1.165, 1.54) is 17.9 Å². The van der Waals surface area contributed by atoms with Crippen molar-refractivity contribution in [3.63, 3.8) is 0 Å². The number of carboxylic acids is 1. The fourth-order valence-electron chi connectivity index (χ4n) is 2.04. The lowest BCUT2D eigenvalue weighted by molar-refractivity contribution is 0.0689. The summed E-state index contributed by atoms with van der Waals surface area (Å²) in [6, 6.07) is 4.99. The molecule has 2 rings (SSSR count). The largest absolute Gasteiger partial charge is 0.504 e. The SMILES string of the molecule is CCc1cc(OC)c(O)c(-c2cc(C(=O)O)nn2C)c1. The van der Waals surface area contributed by atoms with Gasteiger partial charge < -0.3 is 14.9 Å². The van der Waals surface area contributed by atoms with Gasteiger partial charge in [0.05, 0.1) is 12.8 Å². The quantitative estimate of drug-likeness (QED) is 0.893. The molecule has 0 saturated carbocycles. The van der Waals surface area contributed by atoms with Crippen molar-refractivity contribution in [3.05, 3.63) is 29.5 Å². The molecule has 0 spiro atoms. The summed E-state index contributed by atoms with van der Waals surface area (Å²) in [7, 11) is 3.11. The van der Waals surface area contributed by atoms with Crippen LogP contribution in [0.3, 0.4) is 0 Å². The van der Waals surface area contributed by atoms with Gasteiger partial charge in [-0.2, -0.15) is 5.10 Å². The number of aromatic hydroxyl groups is 1. The summed E-state index contributed by atoms with van der Waals surface area (Å²) in [6.07, 6.45) is 0.771. The minimum absolute atomic E-state index is 0.0235. The van der Waals surface area contributed by atoms with E-state index in [0.717, 1.165) is 12.0 Å². The summed E-state index contributed by atoms with van der Waals surface area (Å²) in [5.41, 5.74) is 1.94. The Kier molecular flexibility index (Phi) is 3.65. The van der Waals surface area contributed by atoms with Crippen LogP contribution in [0.1, 0.15) is 23.0 Å². The molecule has 0 fully saturated rings. The second-order valence-corrected chi connectivity index (χ2v) is 4.39. The second-order valence-electron chi connectivity index (χ2n) is 4.39. The van der Waals surface area contributed by atoms with E-state index in [4.69, 9.17) is 9.84 Å². The van der Waals surface area contributed by atoms with E-state index < -0.39 is 5.97 Å². The second kappa shape index (κ2) is 5.24. The van der Waals surface area contributed by atoms with E-state index in [1.807, 2.05) is 6.92 Å². The van der Waals surface area contributed by atoms with Gasteiger partial charge in [-0.05, 0) is 30.2 Å². The van der Waals surface area contributed by atoms with Gasteiger partial charge in [0.15, 0.2) is 17.2 Å². The van der Waals surface area contributed by atoms with Gasteiger partial charge in [-0.1, -0.05) is 6.92 Å². The van der Waals surface area contributed by atoms with Gasteiger partial charge in [-0.3, -0.25) is 4.68 Å². The van der Waals surface area contributed by atoms with Gasteiger partial charge in [0.25, 0.3) is 0 Å². The number of rotatable bonds is 4. The van der Waals surface area contributed by atoms with Crippen LogP contribution >= 0.6 is 0 Å². The van der Waals surface area contributed by atoms with Crippen molar-refractivity contribution in [2.45, 2.75) is 13.3 Å². The zero-order valence-electron chi connectivity index (χ0n) is 11.5. The molecular weight excluding hydrogens is 260 g/mol. The molecular formula is C14H16N2O4. The number of phenols is 1. The zero-order valence-corrected chi connectivity index (χ0v) is 11.5. The number of hydrogen-bond donors (Lipinski definition) is 2. The molecule has 0 radical (unpaired) electrons. The highest BCUT2D eigenvalue weighted by molar-refractivity contribution is 5.87. The highest BCUT2D eigenvalue weighted by Gasteiger charge is 2.18. The molecule has 6 nitrogen and oxygen atoms in total. The molecule has 6 heteroatoms. The number of methoxy groups -OCH3 is 1. The fourth-order valence-corrected chi connectivity index (χ4v) is 2.04. The van der Waals surface area contributed by atoms with Crippen LogP contribution in [0.4, 0.5) is 0 Å². The summed E-state index contributed by atoms with van der Waals surface area (Å²) in [5, 5.41) is 23.1. The number of ether oxygens (including phenoxy) is 1. The number of nitrogens with zero attached hydrogens (tertiary/aromatic N) is 2. The molecule has 2 aromatic rings. The zero-order chi connectivity index (χ0) is 14.9. The van der Waals surface area contributed by atoms with E-state index in [2.05, 4.69) is 5.10 Å². The predicted octanol–water partition coefficient (Wildman–Crippen LogP) is 2.06. The molecule has 0 aliphatic carbocycles. The number of hydrogen-bond acceptors (Lipinski definition) is 4. The van der Waals surface area contributed by atoms with Gasteiger partial charge in [-0.25, -0.2) is 4.79 Å². The van der Waals surface area contributed by atoms with E-state index in [0.29, 0.717) is 17.0 Å². The van der Waals surface area contributed by atoms with Gasteiger partial charge in [-0.15, -0.1) is 0 Å². The first-order valence-corrected chi connectivity index (χ1v) is 6.15. The summed E-state index contributed by atoms with van der Waals surface area (Å²) >= 11 is 0. The maximum atomic E-state index is 11.0.